The van der Waals surface area contributed by atoms with Crippen LogP contribution in [0.4, 0.5) is 4.39 Å². The third-order valence-corrected chi connectivity index (χ3v) is 4.48. The highest BCUT2D eigenvalue weighted by molar-refractivity contribution is 5.85. The quantitative estimate of drug-likeness (QED) is 0.885. The molecule has 1 aromatic carbocycles. The number of carbonyl (C=O) groups is 1. The third kappa shape index (κ3) is 5.14. The number of nitrogens with zero attached hydrogens (tertiary/aromatic N) is 2. The van der Waals surface area contributed by atoms with Crippen molar-refractivity contribution in [1.29, 1.82) is 0 Å². The minimum Gasteiger partial charge on any atom is -0.371 e. The van der Waals surface area contributed by atoms with E-state index in [4.69, 9.17) is 4.74 Å². The molecule has 0 bridgehead atoms. The van der Waals surface area contributed by atoms with Gasteiger partial charge in [-0.15, -0.1) is 12.4 Å². The maximum atomic E-state index is 13.4. The first kappa shape index (κ1) is 19.1. The van der Waals surface area contributed by atoms with Crippen LogP contribution in [0, 0.1) is 5.82 Å². The summed E-state index contributed by atoms with van der Waals surface area (Å²) < 4.78 is 19.1. The SMILES string of the molecule is Cl.O=C(CCN1CCOC(c2cccc(F)c2)C1)N1CCNCC1. The van der Waals surface area contributed by atoms with Crippen molar-refractivity contribution < 1.29 is 13.9 Å². The number of halogens is 2. The highest BCUT2D eigenvalue weighted by Gasteiger charge is 2.23. The number of rotatable bonds is 4. The Hall–Kier alpha value is -1.21. The molecule has 1 amide bonds. The topological polar surface area (TPSA) is 44.8 Å². The van der Waals surface area contributed by atoms with Crippen LogP contribution in [0.1, 0.15) is 18.1 Å². The molecule has 134 valence electrons. The lowest BCUT2D eigenvalue weighted by atomic mass is 10.1. The number of hydrogen-bond donors (Lipinski definition) is 1. The molecule has 2 aliphatic rings. The second kappa shape index (κ2) is 9.32. The zero-order valence-electron chi connectivity index (χ0n) is 13.7. The molecular formula is C17H25ClFN3O2. The van der Waals surface area contributed by atoms with Gasteiger partial charge in [-0.3, -0.25) is 9.69 Å². The minimum absolute atomic E-state index is 0. The maximum Gasteiger partial charge on any atom is 0.223 e. The van der Waals surface area contributed by atoms with Crippen LogP contribution in [0.25, 0.3) is 0 Å². The Balaban J connectivity index is 0.00000208. The van der Waals surface area contributed by atoms with Gasteiger partial charge in [-0.25, -0.2) is 4.39 Å². The lowest BCUT2D eigenvalue weighted by molar-refractivity contribution is -0.132. The van der Waals surface area contributed by atoms with Gasteiger partial charge in [0.15, 0.2) is 0 Å². The first-order chi connectivity index (χ1) is 11.2. The van der Waals surface area contributed by atoms with Crippen LogP contribution in [-0.4, -0.2) is 68.1 Å². The lowest BCUT2D eigenvalue weighted by Gasteiger charge is -2.34. The Bertz CT molecular complexity index is 540. The summed E-state index contributed by atoms with van der Waals surface area (Å²) in [6.45, 7) is 6.23. The number of nitrogens with one attached hydrogen (secondary N) is 1. The zero-order valence-corrected chi connectivity index (χ0v) is 14.6. The van der Waals surface area contributed by atoms with E-state index in [9.17, 15) is 9.18 Å². The van der Waals surface area contributed by atoms with Crippen LogP contribution in [-0.2, 0) is 9.53 Å². The maximum absolute atomic E-state index is 13.4. The largest absolute Gasteiger partial charge is 0.371 e. The third-order valence-electron chi connectivity index (χ3n) is 4.48. The Morgan fingerprint density at radius 2 is 2.08 bits per heavy atom. The number of hydrogen-bond acceptors (Lipinski definition) is 4. The summed E-state index contributed by atoms with van der Waals surface area (Å²) in [6, 6.07) is 6.57. The van der Waals surface area contributed by atoms with Crippen molar-refractivity contribution in [3.63, 3.8) is 0 Å². The molecule has 2 heterocycles. The summed E-state index contributed by atoms with van der Waals surface area (Å²) in [4.78, 5) is 16.4. The van der Waals surface area contributed by atoms with Crippen LogP contribution in [0.15, 0.2) is 24.3 Å². The molecule has 2 saturated heterocycles. The van der Waals surface area contributed by atoms with E-state index in [2.05, 4.69) is 10.2 Å². The number of benzene rings is 1. The lowest BCUT2D eigenvalue weighted by Crippen LogP contribution is -2.47. The molecule has 0 aliphatic carbocycles. The van der Waals surface area contributed by atoms with Gasteiger partial charge in [-0.05, 0) is 17.7 Å². The van der Waals surface area contributed by atoms with Gasteiger partial charge in [-0.1, -0.05) is 12.1 Å². The summed E-state index contributed by atoms with van der Waals surface area (Å²) in [5.74, 6) is -0.0163. The molecule has 0 saturated carbocycles. The van der Waals surface area contributed by atoms with E-state index in [1.807, 2.05) is 11.0 Å². The zero-order chi connectivity index (χ0) is 16.1. The van der Waals surface area contributed by atoms with Gasteiger partial charge in [0.05, 0.1) is 12.7 Å². The van der Waals surface area contributed by atoms with Crippen molar-refractivity contribution in [3.8, 4) is 0 Å². The van der Waals surface area contributed by atoms with Crippen LogP contribution >= 0.6 is 12.4 Å². The van der Waals surface area contributed by atoms with Crippen LogP contribution < -0.4 is 5.32 Å². The van der Waals surface area contributed by atoms with Gasteiger partial charge in [0.2, 0.25) is 5.91 Å². The molecule has 7 heteroatoms. The number of amides is 1. The van der Waals surface area contributed by atoms with E-state index in [0.29, 0.717) is 19.6 Å². The van der Waals surface area contributed by atoms with Crippen molar-refractivity contribution in [2.24, 2.45) is 0 Å². The molecule has 1 unspecified atom stereocenters. The monoisotopic (exact) mass is 357 g/mol. The molecule has 2 aliphatic heterocycles. The van der Waals surface area contributed by atoms with E-state index in [1.165, 1.54) is 12.1 Å². The minimum atomic E-state index is -0.239. The van der Waals surface area contributed by atoms with Crippen molar-refractivity contribution >= 4 is 18.3 Å². The smallest absolute Gasteiger partial charge is 0.223 e. The fourth-order valence-electron chi connectivity index (χ4n) is 3.14. The fourth-order valence-corrected chi connectivity index (χ4v) is 3.14. The van der Waals surface area contributed by atoms with E-state index < -0.39 is 0 Å². The molecule has 0 aromatic heterocycles. The van der Waals surface area contributed by atoms with E-state index in [0.717, 1.165) is 44.8 Å². The van der Waals surface area contributed by atoms with Gasteiger partial charge in [0, 0.05) is 52.2 Å². The summed E-state index contributed by atoms with van der Waals surface area (Å²) in [6.07, 6.45) is 0.421. The molecule has 5 nitrogen and oxygen atoms in total. The second-order valence-electron chi connectivity index (χ2n) is 6.10. The molecule has 24 heavy (non-hydrogen) atoms. The first-order valence-electron chi connectivity index (χ1n) is 8.30. The predicted molar refractivity (Wildman–Crippen MR) is 92.8 cm³/mol. The number of ether oxygens (including phenoxy) is 1. The number of morpholine rings is 1. The van der Waals surface area contributed by atoms with Crippen molar-refractivity contribution in [3.05, 3.63) is 35.6 Å². The molecule has 3 rings (SSSR count). The Kier molecular flexibility index (Phi) is 7.42. The first-order valence-corrected chi connectivity index (χ1v) is 8.30. The molecular weight excluding hydrogens is 333 g/mol. The van der Waals surface area contributed by atoms with E-state index in [1.54, 1.807) is 6.07 Å². The Morgan fingerprint density at radius 3 is 2.83 bits per heavy atom. The van der Waals surface area contributed by atoms with Gasteiger partial charge in [0.1, 0.15) is 5.82 Å². The molecule has 1 atom stereocenters. The summed E-state index contributed by atoms with van der Waals surface area (Å²) in [5, 5.41) is 3.25. The average molecular weight is 358 g/mol. The molecule has 1 N–H and O–H groups in total. The van der Waals surface area contributed by atoms with Crippen molar-refractivity contribution in [2.45, 2.75) is 12.5 Å². The average Bonchev–Trinajstić information content (AvgIpc) is 2.61. The van der Waals surface area contributed by atoms with Gasteiger partial charge < -0.3 is 15.0 Å². The molecule has 2 fully saturated rings. The van der Waals surface area contributed by atoms with Crippen molar-refractivity contribution in [1.82, 2.24) is 15.1 Å². The van der Waals surface area contributed by atoms with E-state index in [-0.39, 0.29) is 30.2 Å². The Morgan fingerprint density at radius 1 is 1.29 bits per heavy atom. The van der Waals surface area contributed by atoms with Gasteiger partial charge in [-0.2, -0.15) is 0 Å². The summed E-state index contributed by atoms with van der Waals surface area (Å²) in [7, 11) is 0. The van der Waals surface area contributed by atoms with Crippen LogP contribution in [0.5, 0.6) is 0 Å². The number of carbonyl (C=O) groups excluding carboxylic acids is 1. The number of piperazine rings is 1. The summed E-state index contributed by atoms with van der Waals surface area (Å²) in [5.41, 5.74) is 0.864. The Labute approximate surface area is 148 Å². The highest BCUT2D eigenvalue weighted by Crippen LogP contribution is 2.22. The standard InChI is InChI=1S/C17H24FN3O2.ClH/c18-15-3-1-2-14(12-15)16-13-20(10-11-23-16)7-4-17(22)21-8-5-19-6-9-21;/h1-3,12,16,19H,4-11,13H2;1H. The van der Waals surface area contributed by atoms with E-state index >= 15 is 0 Å². The second-order valence-corrected chi connectivity index (χ2v) is 6.10. The molecule has 0 spiro atoms. The van der Waals surface area contributed by atoms with Crippen LogP contribution in [0.2, 0.25) is 0 Å². The predicted octanol–water partition coefficient (Wildman–Crippen LogP) is 1.44. The van der Waals surface area contributed by atoms with Gasteiger partial charge >= 0.3 is 0 Å². The van der Waals surface area contributed by atoms with Gasteiger partial charge in [0.25, 0.3) is 0 Å². The van der Waals surface area contributed by atoms with Crippen molar-refractivity contribution in [2.75, 3.05) is 52.4 Å². The van der Waals surface area contributed by atoms with Crippen LogP contribution in [0.3, 0.4) is 0 Å². The molecule has 0 radical (unpaired) electrons. The summed E-state index contributed by atoms with van der Waals surface area (Å²) >= 11 is 0. The highest BCUT2D eigenvalue weighted by atomic mass is 35.5. The molecule has 1 aromatic rings. The normalized spacial score (nSPS) is 22.0. The fraction of sp³-hybridized carbons (Fsp3) is 0.588.